The second kappa shape index (κ2) is 6.04. The molecule has 3 rings (SSSR count). The molecule has 0 radical (unpaired) electrons. The van der Waals surface area contributed by atoms with Crippen molar-refractivity contribution in [3.8, 4) is 11.5 Å². The summed E-state index contributed by atoms with van der Waals surface area (Å²) in [4.78, 5) is 0. The van der Waals surface area contributed by atoms with E-state index >= 15 is 0 Å². The van der Waals surface area contributed by atoms with Crippen LogP contribution in [-0.2, 0) is 0 Å². The Hall–Kier alpha value is -1.96. The van der Waals surface area contributed by atoms with Crippen LogP contribution in [-0.4, -0.2) is 10.2 Å². The van der Waals surface area contributed by atoms with Crippen LogP contribution in [0, 0.1) is 13.8 Å². The number of aryl methyl sites for hydroxylation is 2. The number of hydrogen-bond acceptors (Lipinski definition) is 2. The molecule has 2 N–H and O–H groups in total. The molecule has 1 saturated carbocycles. The van der Waals surface area contributed by atoms with E-state index in [4.69, 9.17) is 0 Å². The first kappa shape index (κ1) is 15.0. The van der Waals surface area contributed by atoms with Crippen LogP contribution in [0.5, 0.6) is 11.5 Å². The van der Waals surface area contributed by atoms with Gasteiger partial charge in [0.2, 0.25) is 0 Å². The van der Waals surface area contributed by atoms with Gasteiger partial charge in [0.05, 0.1) is 0 Å². The summed E-state index contributed by atoms with van der Waals surface area (Å²) in [5, 5.41) is 19.4. The van der Waals surface area contributed by atoms with Gasteiger partial charge < -0.3 is 10.2 Å². The molecule has 2 aromatic rings. The minimum atomic E-state index is 0.380. The maximum Gasteiger partial charge on any atom is 0.118 e. The molecule has 0 bridgehead atoms. The van der Waals surface area contributed by atoms with Gasteiger partial charge >= 0.3 is 0 Å². The third-order valence-electron chi connectivity index (χ3n) is 5.06. The first-order valence-electron chi connectivity index (χ1n) is 8.13. The molecule has 0 heterocycles. The van der Waals surface area contributed by atoms with Crippen molar-refractivity contribution in [2.45, 2.75) is 51.4 Å². The second-order valence-corrected chi connectivity index (χ2v) is 6.65. The first-order chi connectivity index (χ1) is 10.5. The SMILES string of the molecule is Cc1cc(C2CCCC(c3ccc(O)c(C)c3)C2)ccc1O. The lowest BCUT2D eigenvalue weighted by Crippen LogP contribution is -2.13. The van der Waals surface area contributed by atoms with Crippen molar-refractivity contribution in [1.82, 2.24) is 0 Å². The Morgan fingerprint density at radius 2 is 1.23 bits per heavy atom. The van der Waals surface area contributed by atoms with Gasteiger partial charge in [0, 0.05) is 0 Å². The molecule has 22 heavy (non-hydrogen) atoms. The Morgan fingerprint density at radius 1 is 0.773 bits per heavy atom. The Kier molecular flexibility index (Phi) is 4.10. The number of phenols is 2. The summed E-state index contributed by atoms with van der Waals surface area (Å²) in [5.74, 6) is 1.88. The van der Waals surface area contributed by atoms with Gasteiger partial charge in [-0.25, -0.2) is 0 Å². The molecule has 2 heteroatoms. The molecule has 1 fully saturated rings. The first-order valence-corrected chi connectivity index (χ1v) is 8.13. The zero-order valence-corrected chi connectivity index (χ0v) is 13.3. The molecule has 2 unspecified atom stereocenters. The molecule has 2 aromatic carbocycles. The number of benzene rings is 2. The van der Waals surface area contributed by atoms with Gasteiger partial charge in [0.15, 0.2) is 0 Å². The van der Waals surface area contributed by atoms with E-state index < -0.39 is 0 Å². The standard InChI is InChI=1S/C20H24O2/c1-13-10-17(6-8-19(13)21)15-4-3-5-16(12-15)18-7-9-20(22)14(2)11-18/h6-11,15-16,21-22H,3-5,12H2,1-2H3. The van der Waals surface area contributed by atoms with E-state index in [1.165, 1.54) is 30.4 Å². The summed E-state index contributed by atoms with van der Waals surface area (Å²) in [6.45, 7) is 3.92. The summed E-state index contributed by atoms with van der Waals surface area (Å²) in [6, 6.07) is 12.0. The highest BCUT2D eigenvalue weighted by Crippen LogP contribution is 2.42. The number of hydrogen-bond donors (Lipinski definition) is 2. The van der Waals surface area contributed by atoms with Crippen molar-refractivity contribution in [1.29, 1.82) is 0 Å². The molecule has 0 aromatic heterocycles. The third kappa shape index (κ3) is 2.96. The fourth-order valence-electron chi connectivity index (χ4n) is 3.66. The topological polar surface area (TPSA) is 40.5 Å². The summed E-state index contributed by atoms with van der Waals surface area (Å²) in [5.41, 5.74) is 4.60. The Bertz CT molecular complexity index is 618. The van der Waals surface area contributed by atoms with E-state index in [9.17, 15) is 10.2 Å². The highest BCUT2D eigenvalue weighted by Gasteiger charge is 2.25. The maximum absolute atomic E-state index is 9.70. The summed E-state index contributed by atoms with van der Waals surface area (Å²) < 4.78 is 0. The van der Waals surface area contributed by atoms with Crippen LogP contribution in [0.3, 0.4) is 0 Å². The molecule has 2 atom stereocenters. The van der Waals surface area contributed by atoms with Gasteiger partial charge in [-0.2, -0.15) is 0 Å². The number of aromatic hydroxyl groups is 2. The van der Waals surface area contributed by atoms with E-state index in [1.807, 2.05) is 26.0 Å². The Labute approximate surface area is 132 Å². The smallest absolute Gasteiger partial charge is 0.118 e. The predicted molar refractivity (Wildman–Crippen MR) is 89.6 cm³/mol. The fourth-order valence-corrected chi connectivity index (χ4v) is 3.66. The highest BCUT2D eigenvalue weighted by atomic mass is 16.3. The molecule has 116 valence electrons. The lowest BCUT2D eigenvalue weighted by Gasteiger charge is -2.30. The lowest BCUT2D eigenvalue weighted by atomic mass is 9.75. The highest BCUT2D eigenvalue weighted by molar-refractivity contribution is 5.39. The minimum Gasteiger partial charge on any atom is -0.508 e. The second-order valence-electron chi connectivity index (χ2n) is 6.65. The van der Waals surface area contributed by atoms with Crippen molar-refractivity contribution >= 4 is 0 Å². The van der Waals surface area contributed by atoms with Crippen LogP contribution in [0.15, 0.2) is 36.4 Å². The quantitative estimate of drug-likeness (QED) is 0.804. The molecular formula is C20H24O2. The Morgan fingerprint density at radius 3 is 1.64 bits per heavy atom. The molecule has 0 spiro atoms. The van der Waals surface area contributed by atoms with Gasteiger partial charge in [-0.15, -0.1) is 0 Å². The van der Waals surface area contributed by atoms with Gasteiger partial charge in [0.1, 0.15) is 11.5 Å². The summed E-state index contributed by atoms with van der Waals surface area (Å²) >= 11 is 0. The van der Waals surface area contributed by atoms with Crippen molar-refractivity contribution in [3.05, 3.63) is 58.7 Å². The van der Waals surface area contributed by atoms with E-state index in [-0.39, 0.29) is 0 Å². The average Bonchev–Trinajstić information content (AvgIpc) is 2.53. The van der Waals surface area contributed by atoms with Gasteiger partial charge in [0.25, 0.3) is 0 Å². The van der Waals surface area contributed by atoms with Crippen LogP contribution in [0.25, 0.3) is 0 Å². The van der Waals surface area contributed by atoms with E-state index in [2.05, 4.69) is 24.3 Å². The van der Waals surface area contributed by atoms with Crippen molar-refractivity contribution in [3.63, 3.8) is 0 Å². The molecule has 0 amide bonds. The normalized spacial score (nSPS) is 21.7. The monoisotopic (exact) mass is 296 g/mol. The minimum absolute atomic E-state index is 0.380. The van der Waals surface area contributed by atoms with Crippen LogP contribution in [0.4, 0.5) is 0 Å². The van der Waals surface area contributed by atoms with Gasteiger partial charge in [-0.3, -0.25) is 0 Å². The molecule has 0 aliphatic heterocycles. The fraction of sp³-hybridized carbons (Fsp3) is 0.400. The van der Waals surface area contributed by atoms with Gasteiger partial charge in [-0.05, 0) is 79.3 Å². The third-order valence-corrected chi connectivity index (χ3v) is 5.06. The predicted octanol–water partition coefficient (Wildman–Crippen LogP) is 5.16. The molecule has 0 saturated heterocycles. The zero-order chi connectivity index (χ0) is 15.7. The summed E-state index contributed by atoms with van der Waals surface area (Å²) in [6.07, 6.45) is 4.82. The van der Waals surface area contributed by atoms with Gasteiger partial charge in [-0.1, -0.05) is 30.7 Å². The van der Waals surface area contributed by atoms with Crippen molar-refractivity contribution in [2.24, 2.45) is 0 Å². The molecule has 1 aliphatic carbocycles. The van der Waals surface area contributed by atoms with E-state index in [0.717, 1.165) is 17.5 Å². The molecule has 1 aliphatic rings. The van der Waals surface area contributed by atoms with Crippen LogP contribution < -0.4 is 0 Å². The zero-order valence-electron chi connectivity index (χ0n) is 13.3. The van der Waals surface area contributed by atoms with E-state index in [1.54, 1.807) is 0 Å². The van der Waals surface area contributed by atoms with Crippen molar-refractivity contribution < 1.29 is 10.2 Å². The number of rotatable bonds is 2. The van der Waals surface area contributed by atoms with Crippen LogP contribution in [0.1, 0.15) is 59.8 Å². The Balaban J connectivity index is 1.81. The maximum atomic E-state index is 9.70. The molecular weight excluding hydrogens is 272 g/mol. The van der Waals surface area contributed by atoms with Crippen molar-refractivity contribution in [2.75, 3.05) is 0 Å². The van der Waals surface area contributed by atoms with Crippen LogP contribution in [0.2, 0.25) is 0 Å². The summed E-state index contributed by atoms with van der Waals surface area (Å²) in [7, 11) is 0. The van der Waals surface area contributed by atoms with Crippen LogP contribution >= 0.6 is 0 Å². The molecule has 2 nitrogen and oxygen atoms in total. The average molecular weight is 296 g/mol. The number of phenolic OH excluding ortho intramolecular Hbond substituents is 2. The van der Waals surface area contributed by atoms with E-state index in [0.29, 0.717) is 23.3 Å². The lowest BCUT2D eigenvalue weighted by molar-refractivity contribution is 0.392. The largest absolute Gasteiger partial charge is 0.508 e.